The Morgan fingerprint density at radius 2 is 1.88 bits per heavy atom. The molecule has 0 aromatic heterocycles. The lowest BCUT2D eigenvalue weighted by Gasteiger charge is -2.15. The van der Waals surface area contributed by atoms with E-state index in [2.05, 4.69) is 5.32 Å². The van der Waals surface area contributed by atoms with Gasteiger partial charge in [0.2, 0.25) is 5.91 Å². The minimum Gasteiger partial charge on any atom is -0.442 e. The summed E-state index contributed by atoms with van der Waals surface area (Å²) in [7, 11) is 0. The van der Waals surface area contributed by atoms with Crippen molar-refractivity contribution in [3.8, 4) is 11.1 Å². The predicted octanol–water partition coefficient (Wildman–Crippen LogP) is 5.23. The molecule has 32 heavy (non-hydrogen) atoms. The Balaban J connectivity index is 1.61. The number of benzene rings is 2. The summed E-state index contributed by atoms with van der Waals surface area (Å²) >= 11 is 0. The summed E-state index contributed by atoms with van der Waals surface area (Å²) in [5.74, 6) is -0.749. The molecule has 1 aliphatic heterocycles. The molecule has 1 saturated heterocycles. The number of ether oxygens (including phenoxy) is 1. The molecule has 0 saturated carbocycles. The molecular weight excluding hydrogens is 428 g/mol. The third kappa shape index (κ3) is 6.45. The Hall–Kier alpha value is -3.10. The SMILES string of the molecule is CC(=O)NC[C@H]1CN(c2ccc(-c3ccc(CCCCC(F)(F)F)cc3)c(F)c2)C(=O)O1. The minimum atomic E-state index is -4.13. The fourth-order valence-electron chi connectivity index (χ4n) is 3.51. The Kier molecular flexibility index (Phi) is 7.37. The molecule has 1 aliphatic rings. The molecule has 0 spiro atoms. The smallest absolute Gasteiger partial charge is 0.414 e. The third-order valence-corrected chi connectivity index (χ3v) is 5.16. The number of amides is 2. The van der Waals surface area contributed by atoms with Crippen LogP contribution in [0.3, 0.4) is 0 Å². The van der Waals surface area contributed by atoms with Crippen LogP contribution in [-0.2, 0) is 16.0 Å². The van der Waals surface area contributed by atoms with Gasteiger partial charge in [0.25, 0.3) is 0 Å². The standard InChI is InChI=1S/C23H24F4N2O3/c1-15(30)28-13-19-14-29(22(31)32-19)18-9-10-20(21(24)12-18)17-7-5-16(6-8-17)4-2-3-11-23(25,26)27/h5-10,12,19H,2-4,11,13-14H2,1H3,(H,28,30)/t19-/m0/s1. The third-order valence-electron chi connectivity index (χ3n) is 5.16. The average molecular weight is 452 g/mol. The largest absolute Gasteiger partial charge is 0.442 e. The summed E-state index contributed by atoms with van der Waals surface area (Å²) in [6.45, 7) is 1.74. The van der Waals surface area contributed by atoms with Gasteiger partial charge in [-0.2, -0.15) is 13.2 Å². The summed E-state index contributed by atoms with van der Waals surface area (Å²) < 4.78 is 56.6. The number of nitrogens with one attached hydrogen (secondary N) is 1. The molecule has 2 aromatic rings. The fourth-order valence-corrected chi connectivity index (χ4v) is 3.51. The monoisotopic (exact) mass is 452 g/mol. The van der Waals surface area contributed by atoms with Crippen molar-refractivity contribution in [3.05, 3.63) is 53.8 Å². The molecule has 5 nitrogen and oxygen atoms in total. The number of hydrogen-bond acceptors (Lipinski definition) is 3. The molecule has 1 N–H and O–H groups in total. The van der Waals surface area contributed by atoms with E-state index in [1.165, 1.54) is 17.9 Å². The number of aryl methyl sites for hydroxylation is 1. The van der Waals surface area contributed by atoms with E-state index < -0.39 is 30.6 Å². The first-order valence-electron chi connectivity index (χ1n) is 10.3. The molecule has 3 rings (SSSR count). The van der Waals surface area contributed by atoms with Crippen LogP contribution in [0.4, 0.5) is 28.0 Å². The number of nitrogens with zero attached hydrogens (tertiary/aromatic N) is 1. The first kappa shape index (κ1) is 23.6. The predicted molar refractivity (Wildman–Crippen MR) is 112 cm³/mol. The van der Waals surface area contributed by atoms with Crippen LogP contribution in [0.1, 0.15) is 31.7 Å². The topological polar surface area (TPSA) is 58.6 Å². The number of anilines is 1. The van der Waals surface area contributed by atoms with Gasteiger partial charge in [0.1, 0.15) is 11.9 Å². The van der Waals surface area contributed by atoms with Gasteiger partial charge < -0.3 is 10.1 Å². The summed E-state index contributed by atoms with van der Waals surface area (Å²) in [4.78, 5) is 24.4. The van der Waals surface area contributed by atoms with Gasteiger partial charge in [0.15, 0.2) is 0 Å². The number of halogens is 4. The van der Waals surface area contributed by atoms with Crippen molar-refractivity contribution in [2.45, 2.75) is 44.9 Å². The van der Waals surface area contributed by atoms with Crippen LogP contribution in [0, 0.1) is 5.82 Å². The van der Waals surface area contributed by atoms with E-state index in [0.717, 1.165) is 5.56 Å². The maximum absolute atomic E-state index is 14.8. The highest BCUT2D eigenvalue weighted by Gasteiger charge is 2.32. The number of unbranched alkanes of at least 4 members (excludes halogenated alkanes) is 1. The average Bonchev–Trinajstić information content (AvgIpc) is 3.10. The second-order valence-electron chi connectivity index (χ2n) is 7.74. The van der Waals surface area contributed by atoms with Gasteiger partial charge in [0, 0.05) is 18.9 Å². The lowest BCUT2D eigenvalue weighted by molar-refractivity contribution is -0.135. The van der Waals surface area contributed by atoms with Gasteiger partial charge in [-0.25, -0.2) is 9.18 Å². The number of carbonyl (C=O) groups is 2. The van der Waals surface area contributed by atoms with Crippen LogP contribution >= 0.6 is 0 Å². The van der Waals surface area contributed by atoms with Gasteiger partial charge in [-0.3, -0.25) is 9.69 Å². The molecule has 1 fully saturated rings. The van der Waals surface area contributed by atoms with Crippen molar-refractivity contribution in [2.24, 2.45) is 0 Å². The van der Waals surface area contributed by atoms with Crippen LogP contribution < -0.4 is 10.2 Å². The number of rotatable bonds is 8. The molecule has 1 atom stereocenters. The fraction of sp³-hybridized carbons (Fsp3) is 0.391. The van der Waals surface area contributed by atoms with Gasteiger partial charge in [-0.05, 0) is 48.6 Å². The molecule has 1 heterocycles. The first-order chi connectivity index (χ1) is 15.1. The number of carbonyl (C=O) groups excluding carboxylic acids is 2. The van der Waals surface area contributed by atoms with E-state index >= 15 is 0 Å². The van der Waals surface area contributed by atoms with Crippen LogP contribution in [0.15, 0.2) is 42.5 Å². The number of cyclic esters (lactones) is 1. The Morgan fingerprint density at radius 3 is 2.50 bits per heavy atom. The van der Waals surface area contributed by atoms with E-state index in [1.54, 1.807) is 36.4 Å². The Bertz CT molecular complexity index is 961. The van der Waals surface area contributed by atoms with E-state index in [9.17, 15) is 27.2 Å². The molecule has 2 amide bonds. The lowest BCUT2D eigenvalue weighted by atomic mass is 10.0. The van der Waals surface area contributed by atoms with E-state index in [0.29, 0.717) is 29.7 Å². The maximum atomic E-state index is 14.8. The van der Waals surface area contributed by atoms with Crippen molar-refractivity contribution >= 4 is 17.7 Å². The zero-order chi connectivity index (χ0) is 23.3. The Labute approximate surface area is 183 Å². The summed E-state index contributed by atoms with van der Waals surface area (Å²) in [6.07, 6.45) is -5.02. The highest BCUT2D eigenvalue weighted by atomic mass is 19.4. The maximum Gasteiger partial charge on any atom is 0.414 e. The summed E-state index contributed by atoms with van der Waals surface area (Å²) in [6, 6.07) is 11.4. The zero-order valence-electron chi connectivity index (χ0n) is 17.5. The molecule has 2 aromatic carbocycles. The molecule has 0 unspecified atom stereocenters. The van der Waals surface area contributed by atoms with Crippen LogP contribution in [0.2, 0.25) is 0 Å². The highest BCUT2D eigenvalue weighted by molar-refractivity contribution is 5.90. The van der Waals surface area contributed by atoms with Crippen LogP contribution in [0.25, 0.3) is 11.1 Å². The van der Waals surface area contributed by atoms with E-state index in [1.807, 2.05) is 0 Å². The van der Waals surface area contributed by atoms with Crippen molar-refractivity contribution < 1.29 is 31.9 Å². The molecule has 9 heteroatoms. The molecule has 0 aliphatic carbocycles. The molecule has 0 radical (unpaired) electrons. The molecular formula is C23H24F4N2O3. The molecule has 172 valence electrons. The zero-order valence-corrected chi connectivity index (χ0v) is 17.5. The van der Waals surface area contributed by atoms with Gasteiger partial charge in [0.05, 0.1) is 18.8 Å². The second kappa shape index (κ2) is 10.0. The first-order valence-corrected chi connectivity index (χ1v) is 10.3. The van der Waals surface area contributed by atoms with Crippen molar-refractivity contribution in [1.29, 1.82) is 0 Å². The van der Waals surface area contributed by atoms with Crippen molar-refractivity contribution in [3.63, 3.8) is 0 Å². The van der Waals surface area contributed by atoms with Crippen LogP contribution in [-0.4, -0.2) is 37.4 Å². The van der Waals surface area contributed by atoms with E-state index in [4.69, 9.17) is 4.74 Å². The van der Waals surface area contributed by atoms with Crippen molar-refractivity contribution in [1.82, 2.24) is 5.32 Å². The van der Waals surface area contributed by atoms with Gasteiger partial charge >= 0.3 is 12.3 Å². The number of alkyl halides is 3. The number of hydrogen-bond donors (Lipinski definition) is 1. The van der Waals surface area contributed by atoms with Gasteiger partial charge in [-0.15, -0.1) is 0 Å². The lowest BCUT2D eigenvalue weighted by Crippen LogP contribution is -2.33. The molecule has 0 bridgehead atoms. The normalized spacial score (nSPS) is 16.2. The van der Waals surface area contributed by atoms with Gasteiger partial charge in [-0.1, -0.05) is 24.3 Å². The summed E-state index contributed by atoms with van der Waals surface area (Å²) in [5, 5.41) is 2.58. The van der Waals surface area contributed by atoms with Crippen molar-refractivity contribution in [2.75, 3.05) is 18.0 Å². The highest BCUT2D eigenvalue weighted by Crippen LogP contribution is 2.29. The van der Waals surface area contributed by atoms with E-state index in [-0.39, 0.29) is 25.4 Å². The summed E-state index contributed by atoms with van der Waals surface area (Å²) in [5.41, 5.74) is 2.21. The van der Waals surface area contributed by atoms with Crippen LogP contribution in [0.5, 0.6) is 0 Å². The quantitative estimate of drug-likeness (QED) is 0.441. The second-order valence-corrected chi connectivity index (χ2v) is 7.74. The Morgan fingerprint density at radius 1 is 1.16 bits per heavy atom. The minimum absolute atomic E-state index is 0.0753.